The molecule has 0 unspecified atom stereocenters. The number of H-pyrrole nitrogens is 2. The molecular formula is C48H52N8O7. The minimum atomic E-state index is -0.705. The van der Waals surface area contributed by atoms with Gasteiger partial charge in [-0.05, 0) is 103 Å². The van der Waals surface area contributed by atoms with Gasteiger partial charge in [-0.3, -0.25) is 9.59 Å². The zero-order valence-corrected chi connectivity index (χ0v) is 36.3. The van der Waals surface area contributed by atoms with Gasteiger partial charge in [0.2, 0.25) is 11.8 Å². The average Bonchev–Trinajstić information content (AvgIpc) is 4.14. The van der Waals surface area contributed by atoms with Crippen molar-refractivity contribution in [1.82, 2.24) is 40.4 Å². The number of ether oxygens (including phenoxy) is 2. The van der Waals surface area contributed by atoms with E-state index in [1.165, 1.54) is 14.2 Å². The van der Waals surface area contributed by atoms with Gasteiger partial charge in [0.25, 0.3) is 0 Å². The molecule has 326 valence electrons. The molecule has 2 fully saturated rings. The van der Waals surface area contributed by atoms with Crippen LogP contribution in [0.3, 0.4) is 0 Å². The number of methoxy groups -OCH3 is 2. The Morgan fingerprint density at radius 1 is 0.667 bits per heavy atom. The Hall–Kier alpha value is -6.90. The highest BCUT2D eigenvalue weighted by Gasteiger charge is 2.39. The molecule has 0 spiro atoms. The summed E-state index contributed by atoms with van der Waals surface area (Å²) in [7, 11) is 2.58. The smallest absolute Gasteiger partial charge is 0.407 e. The zero-order chi connectivity index (χ0) is 44.1. The molecule has 4 N–H and O–H groups in total. The molecule has 7 aromatic rings. The number of furan rings is 1. The summed E-state index contributed by atoms with van der Waals surface area (Å²) >= 11 is 0. The van der Waals surface area contributed by atoms with Crippen molar-refractivity contribution in [2.45, 2.75) is 77.5 Å². The van der Waals surface area contributed by atoms with E-state index in [-0.39, 0.29) is 35.7 Å². The van der Waals surface area contributed by atoms with Crippen LogP contribution in [0.4, 0.5) is 9.59 Å². The minimum absolute atomic E-state index is 0.116. The number of aromatic nitrogens is 4. The number of nitrogens with zero attached hydrogens (tertiary/aromatic N) is 4. The number of carbonyl (C=O) groups is 4. The van der Waals surface area contributed by atoms with Crippen molar-refractivity contribution < 1.29 is 33.1 Å². The van der Waals surface area contributed by atoms with Crippen molar-refractivity contribution >= 4 is 67.8 Å². The Labute approximate surface area is 363 Å². The average molecular weight is 853 g/mol. The Morgan fingerprint density at radius 2 is 1.24 bits per heavy atom. The summed E-state index contributed by atoms with van der Waals surface area (Å²) in [6.07, 6.45) is 1.96. The number of hydrogen-bond acceptors (Lipinski definition) is 9. The summed E-state index contributed by atoms with van der Waals surface area (Å²) in [5.74, 6) is 1.65. The van der Waals surface area contributed by atoms with Gasteiger partial charge in [-0.25, -0.2) is 19.6 Å². The van der Waals surface area contributed by atoms with Crippen LogP contribution in [0.1, 0.15) is 77.1 Å². The first-order chi connectivity index (χ1) is 30.4. The Kier molecular flexibility index (Phi) is 11.0. The van der Waals surface area contributed by atoms with Gasteiger partial charge >= 0.3 is 12.2 Å². The van der Waals surface area contributed by atoms with Gasteiger partial charge in [0.05, 0.1) is 48.4 Å². The van der Waals surface area contributed by atoms with E-state index in [0.717, 1.165) is 97.8 Å². The molecule has 4 atom stereocenters. The number of aromatic amines is 2. The van der Waals surface area contributed by atoms with Crippen LogP contribution in [0.5, 0.6) is 0 Å². The predicted octanol–water partition coefficient (Wildman–Crippen LogP) is 8.76. The summed E-state index contributed by atoms with van der Waals surface area (Å²) in [4.78, 5) is 72.1. The molecule has 9 rings (SSSR count). The highest BCUT2D eigenvalue weighted by Crippen LogP contribution is 2.38. The minimum Gasteiger partial charge on any atom is -0.456 e. The molecule has 15 heteroatoms. The van der Waals surface area contributed by atoms with Crippen LogP contribution in [0.15, 0.2) is 77.2 Å². The SMILES string of the molecule is COC(=O)N[C@H](C(=O)N1CCC[C@H]1c1nc2ccc(-c3cc4cc(-c5ccc6c(ccc7[nH]c([C@@H]8CCCN8C(=O)[C@@H](NC(=O)OC)C(C)C)nc76)c5)ccc4o3)cc2[nH]1)C(C)C. The second-order valence-electron chi connectivity index (χ2n) is 17.3. The lowest BCUT2D eigenvalue weighted by atomic mass is 9.99. The molecule has 4 amide bonds. The zero-order valence-electron chi connectivity index (χ0n) is 36.3. The number of benzene rings is 4. The number of hydrogen-bond donors (Lipinski definition) is 4. The third-order valence-corrected chi connectivity index (χ3v) is 12.6. The van der Waals surface area contributed by atoms with E-state index in [9.17, 15) is 19.2 Å². The van der Waals surface area contributed by atoms with Crippen LogP contribution in [0, 0.1) is 11.8 Å². The van der Waals surface area contributed by atoms with Crippen LogP contribution in [0.25, 0.3) is 66.3 Å². The fraction of sp³-hybridized carbons (Fsp3) is 0.375. The lowest BCUT2D eigenvalue weighted by molar-refractivity contribution is -0.136. The highest BCUT2D eigenvalue weighted by molar-refractivity contribution is 6.05. The fourth-order valence-electron chi connectivity index (χ4n) is 9.25. The highest BCUT2D eigenvalue weighted by atomic mass is 16.5. The van der Waals surface area contributed by atoms with E-state index in [0.29, 0.717) is 18.9 Å². The maximum absolute atomic E-state index is 13.7. The fourth-order valence-corrected chi connectivity index (χ4v) is 9.25. The lowest BCUT2D eigenvalue weighted by Crippen LogP contribution is -2.51. The molecule has 0 bridgehead atoms. The van der Waals surface area contributed by atoms with Gasteiger partial charge in [-0.2, -0.15) is 0 Å². The van der Waals surface area contributed by atoms with Crippen molar-refractivity contribution in [3.8, 4) is 22.5 Å². The molecule has 4 aromatic carbocycles. The number of fused-ring (bicyclic) bond motifs is 5. The predicted molar refractivity (Wildman–Crippen MR) is 240 cm³/mol. The summed E-state index contributed by atoms with van der Waals surface area (Å²) in [5, 5.41) is 8.45. The van der Waals surface area contributed by atoms with Crippen molar-refractivity contribution in [1.29, 1.82) is 0 Å². The lowest BCUT2D eigenvalue weighted by Gasteiger charge is -2.29. The first kappa shape index (κ1) is 41.5. The monoisotopic (exact) mass is 852 g/mol. The number of imidazole rings is 2. The van der Waals surface area contributed by atoms with Crippen molar-refractivity contribution in [2.75, 3.05) is 27.3 Å². The van der Waals surface area contributed by atoms with E-state index in [4.69, 9.17) is 23.9 Å². The topological polar surface area (TPSA) is 188 Å². The quantitative estimate of drug-likeness (QED) is 0.104. The maximum Gasteiger partial charge on any atom is 0.407 e. The third-order valence-electron chi connectivity index (χ3n) is 12.6. The molecule has 15 nitrogen and oxygen atoms in total. The Balaban J connectivity index is 0.941. The van der Waals surface area contributed by atoms with Crippen molar-refractivity contribution in [3.63, 3.8) is 0 Å². The number of nitrogens with one attached hydrogen (secondary N) is 4. The van der Waals surface area contributed by atoms with Crippen LogP contribution in [-0.2, 0) is 19.1 Å². The molecule has 0 radical (unpaired) electrons. The first-order valence-corrected chi connectivity index (χ1v) is 21.7. The van der Waals surface area contributed by atoms with Gasteiger partial charge in [-0.1, -0.05) is 52.0 Å². The summed E-state index contributed by atoms with van der Waals surface area (Å²) in [5.41, 5.74) is 7.14. The summed E-state index contributed by atoms with van der Waals surface area (Å²) in [6.45, 7) is 8.78. The van der Waals surface area contributed by atoms with Crippen molar-refractivity contribution in [2.24, 2.45) is 11.8 Å². The van der Waals surface area contributed by atoms with Crippen LogP contribution < -0.4 is 10.6 Å². The van der Waals surface area contributed by atoms with E-state index in [1.54, 1.807) is 0 Å². The molecule has 5 heterocycles. The van der Waals surface area contributed by atoms with Crippen LogP contribution >= 0.6 is 0 Å². The van der Waals surface area contributed by atoms with Gasteiger partial charge in [-0.15, -0.1) is 0 Å². The number of carbonyl (C=O) groups excluding carboxylic acids is 4. The van der Waals surface area contributed by atoms with Gasteiger partial charge in [0.1, 0.15) is 35.1 Å². The third kappa shape index (κ3) is 7.80. The molecular weight excluding hydrogens is 801 g/mol. The van der Waals surface area contributed by atoms with E-state index < -0.39 is 24.3 Å². The Bertz CT molecular complexity index is 2890. The molecule has 2 saturated heterocycles. The van der Waals surface area contributed by atoms with Gasteiger partial charge < -0.3 is 44.3 Å². The van der Waals surface area contributed by atoms with E-state index in [1.807, 2.05) is 67.8 Å². The number of alkyl carbamates (subject to hydrolysis) is 2. The van der Waals surface area contributed by atoms with Crippen LogP contribution in [-0.4, -0.2) is 93.1 Å². The molecule has 3 aromatic heterocycles. The van der Waals surface area contributed by atoms with E-state index >= 15 is 0 Å². The molecule has 0 aliphatic carbocycles. The molecule has 2 aliphatic rings. The standard InChI is InChI=1S/C48H52N8O7/c1-25(2)40(53-47(59)61-5)45(57)55-19-7-9-36(55)43-49-33-16-13-30(23-35(33)51-43)39-24-31-22-28(14-18-38(31)63-39)27-11-15-32-29(21-27)12-17-34-42(32)52-44(50-34)37-10-8-20-56(37)46(58)41(26(3)4)54-48(60)62-6/h11-18,21-26,36-37,40-41H,7-10,19-20H2,1-6H3,(H,49,51)(H,50,52)(H,53,59)(H,54,60)/t36-,37-,40-,41-/m0/s1. The molecule has 2 aliphatic heterocycles. The number of amides is 4. The molecule has 63 heavy (non-hydrogen) atoms. The largest absolute Gasteiger partial charge is 0.456 e. The Morgan fingerprint density at radius 3 is 1.86 bits per heavy atom. The van der Waals surface area contributed by atoms with Gasteiger partial charge in [0, 0.05) is 29.4 Å². The maximum atomic E-state index is 13.7. The second-order valence-corrected chi connectivity index (χ2v) is 17.3. The normalized spacial score (nSPS) is 17.7. The van der Waals surface area contributed by atoms with Gasteiger partial charge in [0.15, 0.2) is 0 Å². The summed E-state index contributed by atoms with van der Waals surface area (Å²) < 4.78 is 16.0. The van der Waals surface area contributed by atoms with Crippen molar-refractivity contribution in [3.05, 3.63) is 84.4 Å². The first-order valence-electron chi connectivity index (χ1n) is 21.7. The number of rotatable bonds is 10. The molecule has 0 saturated carbocycles. The van der Waals surface area contributed by atoms with E-state index in [2.05, 4.69) is 63.1 Å². The summed E-state index contributed by atoms with van der Waals surface area (Å²) in [6, 6.07) is 22.9. The second kappa shape index (κ2) is 16.8. The van der Waals surface area contributed by atoms with Crippen LogP contribution in [0.2, 0.25) is 0 Å². The number of likely N-dealkylation sites (tertiary alicyclic amines) is 2.